The van der Waals surface area contributed by atoms with E-state index in [1.807, 2.05) is 12.1 Å². The Morgan fingerprint density at radius 1 is 0.386 bits per heavy atom. The van der Waals surface area contributed by atoms with E-state index >= 15 is 0 Å². The van der Waals surface area contributed by atoms with Crippen LogP contribution in [0.15, 0.2) is 205 Å². The molecule has 8 aromatic carbocycles. The molecule has 1 unspecified atom stereocenters. The molecule has 0 saturated carbocycles. The molecular weight excluding hydrogens is 693 g/mol. The van der Waals surface area contributed by atoms with Gasteiger partial charge in [-0.15, -0.1) is 0 Å². The number of benzene rings is 8. The molecule has 0 radical (unpaired) electrons. The molecule has 0 aliphatic heterocycles. The number of nitrogens with zero attached hydrogens (tertiary/aromatic N) is 2. The van der Waals surface area contributed by atoms with Gasteiger partial charge in [-0.05, 0) is 119 Å². The molecule has 12 rings (SSSR count). The Kier molecular flexibility index (Phi) is 7.05. The fraction of sp³-hybridized carbons (Fsp3) is 0.0370. The monoisotopic (exact) mass is 728 g/mol. The predicted octanol–water partition coefficient (Wildman–Crippen LogP) is 14.8. The average molecular weight is 729 g/mol. The van der Waals surface area contributed by atoms with E-state index in [-0.39, 0.29) is 0 Å². The molecule has 57 heavy (non-hydrogen) atoms. The van der Waals surface area contributed by atoms with Crippen molar-refractivity contribution >= 4 is 65.6 Å². The maximum atomic E-state index is 6.17. The van der Waals surface area contributed by atoms with E-state index in [0.717, 1.165) is 34.0 Å². The van der Waals surface area contributed by atoms with Crippen LogP contribution in [0.5, 0.6) is 0 Å². The molecule has 0 amide bonds. The summed E-state index contributed by atoms with van der Waals surface area (Å²) in [6.07, 6.45) is 9.91. The summed E-state index contributed by atoms with van der Waals surface area (Å²) in [5.74, 6) is 0. The number of allylic oxidation sites excluding steroid dienone is 4. The molecule has 3 nitrogen and oxygen atoms in total. The second kappa shape index (κ2) is 12.6. The summed E-state index contributed by atoms with van der Waals surface area (Å²) in [5.41, 5.74) is 15.1. The van der Waals surface area contributed by atoms with Crippen LogP contribution >= 0.6 is 0 Å². The number of hydrogen-bond donors (Lipinski definition) is 0. The lowest BCUT2D eigenvalue weighted by Gasteiger charge is -2.18. The Labute approximate surface area is 329 Å². The fourth-order valence-electron chi connectivity index (χ4n) is 9.32. The van der Waals surface area contributed by atoms with Crippen LogP contribution in [0.1, 0.15) is 12.5 Å². The number of aromatic nitrogens is 2. The van der Waals surface area contributed by atoms with Crippen LogP contribution in [0.3, 0.4) is 0 Å². The largest absolute Gasteiger partial charge is 0.456 e. The lowest BCUT2D eigenvalue weighted by molar-refractivity contribution is 0.648. The zero-order valence-electron chi connectivity index (χ0n) is 31.1. The van der Waals surface area contributed by atoms with Crippen LogP contribution in [0.4, 0.5) is 0 Å². The van der Waals surface area contributed by atoms with E-state index in [2.05, 4.69) is 197 Å². The minimum Gasteiger partial charge on any atom is -0.456 e. The Bertz CT molecular complexity index is 3440. The van der Waals surface area contributed by atoms with Gasteiger partial charge in [-0.2, -0.15) is 0 Å². The Morgan fingerprint density at radius 3 is 1.63 bits per heavy atom. The number of hydrogen-bond acceptors (Lipinski definition) is 1. The minimum absolute atomic E-state index is 0.311. The van der Waals surface area contributed by atoms with E-state index in [1.54, 1.807) is 0 Å². The first-order valence-corrected chi connectivity index (χ1v) is 19.8. The highest BCUT2D eigenvalue weighted by Crippen LogP contribution is 2.41. The molecule has 11 aromatic rings. The average Bonchev–Trinajstić information content (AvgIpc) is 3.93. The van der Waals surface area contributed by atoms with Crippen LogP contribution in [0.2, 0.25) is 0 Å². The Morgan fingerprint density at radius 2 is 0.930 bits per heavy atom. The van der Waals surface area contributed by atoms with Gasteiger partial charge in [0.15, 0.2) is 0 Å². The highest BCUT2D eigenvalue weighted by atomic mass is 16.3. The molecule has 0 saturated heterocycles. The van der Waals surface area contributed by atoms with Crippen molar-refractivity contribution in [1.29, 1.82) is 0 Å². The molecule has 1 aliphatic rings. The van der Waals surface area contributed by atoms with Crippen molar-refractivity contribution in [2.75, 3.05) is 0 Å². The van der Waals surface area contributed by atoms with Gasteiger partial charge in [0.1, 0.15) is 11.2 Å². The van der Waals surface area contributed by atoms with Crippen LogP contribution in [0.25, 0.3) is 105 Å². The van der Waals surface area contributed by atoms with Gasteiger partial charge in [0.05, 0.1) is 17.1 Å². The van der Waals surface area contributed by atoms with Gasteiger partial charge in [0.25, 0.3) is 0 Å². The first kappa shape index (κ1) is 31.9. The highest BCUT2D eigenvalue weighted by Gasteiger charge is 2.19. The Hall–Kier alpha value is -7.36. The molecule has 1 aliphatic carbocycles. The molecular formula is C54H36N2O. The molecule has 268 valence electrons. The molecule has 0 bridgehead atoms. The molecule has 1 atom stereocenters. The molecule has 3 aromatic heterocycles. The predicted molar refractivity (Wildman–Crippen MR) is 239 cm³/mol. The van der Waals surface area contributed by atoms with Crippen molar-refractivity contribution in [3.05, 3.63) is 200 Å². The summed E-state index contributed by atoms with van der Waals surface area (Å²) in [5, 5.41) is 7.33. The van der Waals surface area contributed by atoms with Gasteiger partial charge in [-0.1, -0.05) is 121 Å². The zero-order chi connectivity index (χ0) is 37.5. The fourth-order valence-corrected chi connectivity index (χ4v) is 9.32. The summed E-state index contributed by atoms with van der Waals surface area (Å²) in [6, 6.07) is 64.6. The quantitative estimate of drug-likeness (QED) is 0.173. The molecule has 0 N–H and O–H groups in total. The second-order valence-electron chi connectivity index (χ2n) is 15.3. The highest BCUT2D eigenvalue weighted by molar-refractivity contribution is 6.13. The van der Waals surface area contributed by atoms with Crippen LogP contribution in [-0.2, 0) is 0 Å². The Balaban J connectivity index is 0.992. The summed E-state index contributed by atoms with van der Waals surface area (Å²) in [6.45, 7) is 0. The van der Waals surface area contributed by atoms with E-state index in [4.69, 9.17) is 4.42 Å². The zero-order valence-corrected chi connectivity index (χ0v) is 31.1. The van der Waals surface area contributed by atoms with Crippen molar-refractivity contribution < 1.29 is 4.42 Å². The molecule has 0 fully saturated rings. The number of para-hydroxylation sites is 3. The molecule has 3 heterocycles. The van der Waals surface area contributed by atoms with E-state index in [0.29, 0.717) is 6.04 Å². The SMILES string of the molecule is C1=CCC(n2c3ccccc3c3cc(-c4cccc(-c5ccc6c(c5)c5cc(-c7ccc8oc9ccccc9c8c7)ccc5n6-c5ccccc5)c4)ccc32)C=C1. The third-order valence-electron chi connectivity index (χ3n) is 12.0. The third kappa shape index (κ3) is 5.06. The van der Waals surface area contributed by atoms with Gasteiger partial charge in [-0.25, -0.2) is 0 Å². The van der Waals surface area contributed by atoms with Crippen molar-refractivity contribution in [2.45, 2.75) is 12.5 Å². The van der Waals surface area contributed by atoms with E-state index < -0.39 is 0 Å². The van der Waals surface area contributed by atoms with Gasteiger partial charge in [0.2, 0.25) is 0 Å². The number of rotatable bonds is 5. The maximum Gasteiger partial charge on any atom is 0.135 e. The van der Waals surface area contributed by atoms with Gasteiger partial charge >= 0.3 is 0 Å². The van der Waals surface area contributed by atoms with Gasteiger partial charge < -0.3 is 13.6 Å². The lowest BCUT2D eigenvalue weighted by Crippen LogP contribution is -2.06. The first-order valence-electron chi connectivity index (χ1n) is 19.8. The third-order valence-corrected chi connectivity index (χ3v) is 12.0. The second-order valence-corrected chi connectivity index (χ2v) is 15.3. The number of fused-ring (bicyclic) bond motifs is 9. The minimum atomic E-state index is 0.311. The van der Waals surface area contributed by atoms with Crippen LogP contribution in [0, 0.1) is 0 Å². The van der Waals surface area contributed by atoms with Crippen molar-refractivity contribution in [2.24, 2.45) is 0 Å². The van der Waals surface area contributed by atoms with Gasteiger partial charge in [0, 0.05) is 49.0 Å². The lowest BCUT2D eigenvalue weighted by atomic mass is 9.96. The summed E-state index contributed by atoms with van der Waals surface area (Å²) in [4.78, 5) is 0. The number of furan rings is 1. The standard InChI is InChI=1S/C54H36N2O/c1-3-14-41(15-4-1)55-49-20-9-7-18-43(49)45-31-37(22-26-50(45)55)35-12-11-13-36(30-35)38-23-27-51-46(32-38)47-33-39(24-28-52(47)56(51)42-16-5-2-6-17-42)40-25-29-54-48(34-40)44-19-8-10-21-53(44)57-54/h1-14,16-34,41H,15H2. The molecule has 0 spiro atoms. The summed E-state index contributed by atoms with van der Waals surface area (Å²) < 4.78 is 11.1. The normalized spacial score (nSPS) is 14.3. The molecule has 3 heteroatoms. The van der Waals surface area contributed by atoms with Crippen molar-refractivity contribution in [3.8, 4) is 39.1 Å². The first-order chi connectivity index (χ1) is 28.2. The topological polar surface area (TPSA) is 23.0 Å². The maximum absolute atomic E-state index is 6.17. The van der Waals surface area contributed by atoms with Crippen LogP contribution in [-0.4, -0.2) is 9.13 Å². The van der Waals surface area contributed by atoms with E-state index in [9.17, 15) is 0 Å². The van der Waals surface area contributed by atoms with Crippen LogP contribution < -0.4 is 0 Å². The smallest absolute Gasteiger partial charge is 0.135 e. The van der Waals surface area contributed by atoms with Crippen molar-refractivity contribution in [3.63, 3.8) is 0 Å². The van der Waals surface area contributed by atoms with Crippen molar-refractivity contribution in [1.82, 2.24) is 9.13 Å². The summed E-state index contributed by atoms with van der Waals surface area (Å²) in [7, 11) is 0. The summed E-state index contributed by atoms with van der Waals surface area (Å²) >= 11 is 0. The van der Waals surface area contributed by atoms with Gasteiger partial charge in [-0.3, -0.25) is 0 Å². The van der Waals surface area contributed by atoms with E-state index in [1.165, 1.54) is 77.0 Å².